The van der Waals surface area contributed by atoms with Gasteiger partial charge in [0.15, 0.2) is 4.90 Å². The Balaban J connectivity index is 1.60. The Labute approximate surface area is 146 Å². The van der Waals surface area contributed by atoms with Crippen LogP contribution in [0.4, 0.5) is 8.78 Å². The van der Waals surface area contributed by atoms with Crippen molar-refractivity contribution in [2.24, 2.45) is 0 Å². The third-order valence-electron chi connectivity index (χ3n) is 4.35. The fraction of sp³-hybridized carbons (Fsp3) is 0.333. The number of nitrogens with one attached hydrogen (secondary N) is 1. The highest BCUT2D eigenvalue weighted by atomic mass is 32.2. The molecule has 0 aromatic heterocycles. The topological polar surface area (TPSA) is 49.4 Å². The lowest BCUT2D eigenvalue weighted by Gasteiger charge is -2.32. The van der Waals surface area contributed by atoms with E-state index in [1.165, 1.54) is 5.56 Å². The van der Waals surface area contributed by atoms with Gasteiger partial charge in [-0.1, -0.05) is 36.4 Å². The second-order valence-electron chi connectivity index (χ2n) is 6.21. The van der Waals surface area contributed by atoms with Crippen molar-refractivity contribution in [3.05, 3.63) is 65.7 Å². The number of piperidine rings is 1. The molecule has 4 nitrogen and oxygen atoms in total. The van der Waals surface area contributed by atoms with Crippen LogP contribution in [0.3, 0.4) is 0 Å². The molecule has 0 aliphatic carbocycles. The highest BCUT2D eigenvalue weighted by molar-refractivity contribution is 7.89. The van der Waals surface area contributed by atoms with Crippen LogP contribution in [0.25, 0.3) is 0 Å². The summed E-state index contributed by atoms with van der Waals surface area (Å²) < 4.78 is 54.5. The van der Waals surface area contributed by atoms with Crippen molar-refractivity contribution in [2.45, 2.75) is 30.3 Å². The Morgan fingerprint density at radius 1 is 0.960 bits per heavy atom. The third kappa shape index (κ3) is 4.42. The molecule has 1 fully saturated rings. The van der Waals surface area contributed by atoms with Gasteiger partial charge in [-0.3, -0.25) is 4.90 Å². The van der Waals surface area contributed by atoms with Gasteiger partial charge in [0.05, 0.1) is 0 Å². The van der Waals surface area contributed by atoms with Crippen molar-refractivity contribution >= 4 is 10.0 Å². The molecule has 0 bridgehead atoms. The van der Waals surface area contributed by atoms with Crippen LogP contribution in [0.15, 0.2) is 53.4 Å². The van der Waals surface area contributed by atoms with E-state index in [0.29, 0.717) is 12.8 Å². The number of likely N-dealkylation sites (tertiary alicyclic amines) is 1. The summed E-state index contributed by atoms with van der Waals surface area (Å²) in [6.07, 6.45) is 1.20. The number of hydrogen-bond donors (Lipinski definition) is 1. The molecule has 0 unspecified atom stereocenters. The molecule has 25 heavy (non-hydrogen) atoms. The molecule has 1 aliphatic rings. The second-order valence-corrected chi connectivity index (χ2v) is 7.86. The third-order valence-corrected chi connectivity index (χ3v) is 5.92. The van der Waals surface area contributed by atoms with Crippen LogP contribution in [0.1, 0.15) is 18.4 Å². The van der Waals surface area contributed by atoms with Crippen molar-refractivity contribution in [1.82, 2.24) is 9.62 Å². The lowest BCUT2D eigenvalue weighted by molar-refractivity contribution is 0.200. The molecule has 1 heterocycles. The summed E-state index contributed by atoms with van der Waals surface area (Å²) in [6.45, 7) is 2.26. The normalized spacial score (nSPS) is 16.9. The molecule has 0 amide bonds. The van der Waals surface area contributed by atoms with Crippen molar-refractivity contribution < 1.29 is 17.2 Å². The molecule has 3 rings (SSSR count). The summed E-state index contributed by atoms with van der Waals surface area (Å²) >= 11 is 0. The minimum absolute atomic E-state index is 0.323. The zero-order valence-corrected chi connectivity index (χ0v) is 14.5. The zero-order chi connectivity index (χ0) is 17.9. The molecular weight excluding hydrogens is 346 g/mol. The maximum absolute atomic E-state index is 13.7. The van der Waals surface area contributed by atoms with Crippen LogP contribution >= 0.6 is 0 Å². The Morgan fingerprint density at radius 2 is 1.56 bits per heavy atom. The van der Waals surface area contributed by atoms with Gasteiger partial charge in [-0.25, -0.2) is 21.9 Å². The summed E-state index contributed by atoms with van der Waals surface area (Å²) in [5.41, 5.74) is 1.20. The fourth-order valence-corrected chi connectivity index (χ4v) is 4.51. The van der Waals surface area contributed by atoms with E-state index >= 15 is 0 Å². The summed E-state index contributed by atoms with van der Waals surface area (Å²) in [7, 11) is -4.22. The fourth-order valence-electron chi connectivity index (χ4n) is 3.07. The van der Waals surface area contributed by atoms with Gasteiger partial charge >= 0.3 is 0 Å². The molecule has 1 aliphatic heterocycles. The first-order chi connectivity index (χ1) is 12.0. The van der Waals surface area contributed by atoms with E-state index in [-0.39, 0.29) is 6.04 Å². The van der Waals surface area contributed by atoms with E-state index in [2.05, 4.69) is 21.8 Å². The monoisotopic (exact) mass is 366 g/mol. The Hall–Kier alpha value is -1.83. The first-order valence-electron chi connectivity index (χ1n) is 8.18. The van der Waals surface area contributed by atoms with E-state index in [0.717, 1.165) is 37.8 Å². The first-order valence-corrected chi connectivity index (χ1v) is 9.66. The molecular formula is C18H20F2N2O2S. The minimum atomic E-state index is -4.22. The SMILES string of the molecule is O=S(=O)(NC1CCN(Cc2ccccc2)CC1)c1c(F)cccc1F. The summed E-state index contributed by atoms with van der Waals surface area (Å²) in [5, 5.41) is 0. The van der Waals surface area contributed by atoms with E-state index in [4.69, 9.17) is 0 Å². The predicted molar refractivity (Wildman–Crippen MR) is 91.4 cm³/mol. The smallest absolute Gasteiger partial charge is 0.246 e. The lowest BCUT2D eigenvalue weighted by atomic mass is 10.1. The van der Waals surface area contributed by atoms with Gasteiger partial charge in [-0.2, -0.15) is 0 Å². The van der Waals surface area contributed by atoms with Gasteiger partial charge in [-0.05, 0) is 30.5 Å². The van der Waals surface area contributed by atoms with Gasteiger partial charge in [0.25, 0.3) is 0 Å². The Morgan fingerprint density at radius 3 is 2.16 bits per heavy atom. The first kappa shape index (κ1) is 18.0. The molecule has 0 spiro atoms. The van der Waals surface area contributed by atoms with Crippen molar-refractivity contribution in [3.63, 3.8) is 0 Å². The highest BCUT2D eigenvalue weighted by Crippen LogP contribution is 2.21. The Kier molecular flexibility index (Phi) is 5.46. The minimum Gasteiger partial charge on any atom is -0.299 e. The van der Waals surface area contributed by atoms with Gasteiger partial charge < -0.3 is 0 Å². The van der Waals surface area contributed by atoms with Crippen molar-refractivity contribution in [1.29, 1.82) is 0 Å². The molecule has 0 atom stereocenters. The quantitative estimate of drug-likeness (QED) is 0.885. The van der Waals surface area contributed by atoms with E-state index in [1.807, 2.05) is 18.2 Å². The number of hydrogen-bond acceptors (Lipinski definition) is 3. The average molecular weight is 366 g/mol. The van der Waals surface area contributed by atoms with Crippen LogP contribution in [0, 0.1) is 11.6 Å². The molecule has 1 saturated heterocycles. The molecule has 2 aromatic rings. The van der Waals surface area contributed by atoms with E-state index < -0.39 is 26.6 Å². The molecule has 2 aromatic carbocycles. The lowest BCUT2D eigenvalue weighted by Crippen LogP contribution is -2.44. The molecule has 0 saturated carbocycles. The summed E-state index contributed by atoms with van der Waals surface area (Å²) in [6, 6.07) is 12.7. The van der Waals surface area contributed by atoms with Crippen LogP contribution < -0.4 is 4.72 Å². The largest absolute Gasteiger partial charge is 0.299 e. The number of benzene rings is 2. The van der Waals surface area contributed by atoms with Crippen LogP contribution in [-0.4, -0.2) is 32.4 Å². The van der Waals surface area contributed by atoms with Crippen LogP contribution in [-0.2, 0) is 16.6 Å². The van der Waals surface area contributed by atoms with Crippen molar-refractivity contribution in [2.75, 3.05) is 13.1 Å². The van der Waals surface area contributed by atoms with Crippen LogP contribution in [0.5, 0.6) is 0 Å². The van der Waals surface area contributed by atoms with Crippen LogP contribution in [0.2, 0.25) is 0 Å². The maximum atomic E-state index is 13.7. The van der Waals surface area contributed by atoms with Crippen molar-refractivity contribution in [3.8, 4) is 0 Å². The van der Waals surface area contributed by atoms with Gasteiger partial charge in [0.2, 0.25) is 10.0 Å². The Bertz CT molecular complexity index is 800. The second kappa shape index (κ2) is 7.59. The maximum Gasteiger partial charge on any atom is 0.246 e. The number of rotatable bonds is 5. The van der Waals surface area contributed by atoms with Gasteiger partial charge in [-0.15, -0.1) is 0 Å². The highest BCUT2D eigenvalue weighted by Gasteiger charge is 2.28. The zero-order valence-electron chi connectivity index (χ0n) is 13.7. The average Bonchev–Trinajstić information content (AvgIpc) is 2.57. The number of sulfonamides is 1. The summed E-state index contributed by atoms with van der Waals surface area (Å²) in [5.74, 6) is -2.15. The molecule has 1 N–H and O–H groups in total. The predicted octanol–water partition coefficient (Wildman–Crippen LogP) is 2.91. The van der Waals surface area contributed by atoms with Gasteiger partial charge in [0, 0.05) is 25.7 Å². The van der Waals surface area contributed by atoms with Gasteiger partial charge in [0.1, 0.15) is 11.6 Å². The molecule has 7 heteroatoms. The van der Waals surface area contributed by atoms with E-state index in [1.54, 1.807) is 0 Å². The molecule has 0 radical (unpaired) electrons. The number of nitrogens with zero attached hydrogens (tertiary/aromatic N) is 1. The standard InChI is InChI=1S/C18H20F2N2O2S/c19-16-7-4-8-17(20)18(16)25(23,24)21-15-9-11-22(12-10-15)13-14-5-2-1-3-6-14/h1-8,15,21H,9-13H2. The summed E-state index contributed by atoms with van der Waals surface area (Å²) in [4.78, 5) is 1.34. The number of halogens is 2. The van der Waals surface area contributed by atoms with E-state index in [9.17, 15) is 17.2 Å². The molecule has 134 valence electrons.